The van der Waals surface area contributed by atoms with Crippen LogP contribution in [0.15, 0.2) is 59.8 Å². The summed E-state index contributed by atoms with van der Waals surface area (Å²) in [5.74, 6) is 2.41. The highest BCUT2D eigenvalue weighted by molar-refractivity contribution is 5.78. The number of rotatable bonds is 10. The molecule has 0 radical (unpaired) electrons. The molecule has 0 amide bonds. The van der Waals surface area contributed by atoms with Crippen LogP contribution in [0.5, 0.6) is 5.75 Å². The van der Waals surface area contributed by atoms with Gasteiger partial charge in [0, 0.05) is 35.2 Å². The van der Waals surface area contributed by atoms with E-state index in [1.807, 2.05) is 42.6 Å². The van der Waals surface area contributed by atoms with E-state index in [-0.39, 0.29) is 11.5 Å². The first kappa shape index (κ1) is 26.4. The van der Waals surface area contributed by atoms with E-state index in [0.29, 0.717) is 29.5 Å². The molecule has 1 aliphatic rings. The van der Waals surface area contributed by atoms with Crippen molar-refractivity contribution in [2.75, 3.05) is 7.11 Å². The predicted molar refractivity (Wildman–Crippen MR) is 153 cm³/mol. The van der Waals surface area contributed by atoms with Crippen LogP contribution in [0.2, 0.25) is 0 Å². The Morgan fingerprint density at radius 1 is 1.02 bits per heavy atom. The second-order valence-corrected chi connectivity index (χ2v) is 10.2. The molecule has 1 N–H and O–H groups in total. The maximum absolute atomic E-state index is 14.2. The van der Waals surface area contributed by atoms with Crippen LogP contribution >= 0.6 is 0 Å². The van der Waals surface area contributed by atoms with E-state index in [0.717, 1.165) is 72.4 Å². The summed E-state index contributed by atoms with van der Waals surface area (Å²) in [6.45, 7) is 2.15. The highest BCUT2D eigenvalue weighted by Crippen LogP contribution is 2.36. The van der Waals surface area contributed by atoms with E-state index < -0.39 is 0 Å². The molecular formula is C30H31N9O2. The Hall–Kier alpha value is -4.80. The standard InChI is InChI=1S/C30H31N9O2/c1-3-4-12-26-24(29(40)39(28(34-26)20-8-7-9-20)30-32-17-21(41-2)18-33-30)15-19-13-14-25(31-16-19)22-10-5-6-11-23(22)27-35-37-38-36-27/h5-6,10-11,13-14,16-18,20H,3-4,7-9,12,15H2,1-2H3,(H,35,36,37,38). The Morgan fingerprint density at radius 3 is 2.46 bits per heavy atom. The third-order valence-corrected chi connectivity index (χ3v) is 7.59. The topological polar surface area (TPSA) is 137 Å². The minimum absolute atomic E-state index is 0.120. The van der Waals surface area contributed by atoms with Gasteiger partial charge in [-0.15, -0.1) is 5.10 Å². The summed E-state index contributed by atoms with van der Waals surface area (Å²) < 4.78 is 6.84. The maximum atomic E-state index is 14.2. The van der Waals surface area contributed by atoms with Gasteiger partial charge in [0.05, 0.1) is 30.9 Å². The maximum Gasteiger partial charge on any atom is 0.264 e. The van der Waals surface area contributed by atoms with Crippen LogP contribution in [-0.2, 0) is 12.8 Å². The number of hydrogen-bond donors (Lipinski definition) is 1. The third kappa shape index (κ3) is 5.34. The van der Waals surface area contributed by atoms with Crippen LogP contribution in [0, 0.1) is 0 Å². The van der Waals surface area contributed by atoms with Crippen LogP contribution in [-0.4, -0.2) is 52.2 Å². The molecule has 11 nitrogen and oxygen atoms in total. The zero-order valence-electron chi connectivity index (χ0n) is 23.1. The fraction of sp³-hybridized carbons (Fsp3) is 0.333. The number of H-pyrrole nitrogens is 1. The average Bonchev–Trinajstić information content (AvgIpc) is 3.53. The van der Waals surface area contributed by atoms with Crippen molar-refractivity contribution in [1.29, 1.82) is 0 Å². The molecule has 0 unspecified atom stereocenters. The Balaban J connectivity index is 1.39. The molecule has 0 bridgehead atoms. The molecular weight excluding hydrogens is 518 g/mol. The van der Waals surface area contributed by atoms with Crippen molar-refractivity contribution < 1.29 is 4.74 Å². The first-order valence-corrected chi connectivity index (χ1v) is 14.0. The zero-order valence-corrected chi connectivity index (χ0v) is 23.1. The monoisotopic (exact) mass is 549 g/mol. The summed E-state index contributed by atoms with van der Waals surface area (Å²) in [5, 5.41) is 14.3. The molecule has 41 heavy (non-hydrogen) atoms. The molecule has 1 saturated carbocycles. The summed E-state index contributed by atoms with van der Waals surface area (Å²) >= 11 is 0. The lowest BCUT2D eigenvalue weighted by Gasteiger charge is -2.28. The van der Waals surface area contributed by atoms with Crippen molar-refractivity contribution in [1.82, 2.24) is 45.1 Å². The largest absolute Gasteiger partial charge is 0.494 e. The fourth-order valence-corrected chi connectivity index (χ4v) is 5.09. The number of ether oxygens (including phenoxy) is 1. The Kier molecular flexibility index (Phi) is 7.57. The minimum atomic E-state index is -0.120. The second kappa shape index (κ2) is 11.7. The molecule has 1 fully saturated rings. The van der Waals surface area contributed by atoms with Gasteiger partial charge >= 0.3 is 0 Å². The van der Waals surface area contributed by atoms with Gasteiger partial charge in [-0.1, -0.05) is 50.1 Å². The van der Waals surface area contributed by atoms with Crippen LogP contribution < -0.4 is 10.3 Å². The van der Waals surface area contributed by atoms with E-state index in [9.17, 15) is 4.79 Å². The molecule has 1 aliphatic carbocycles. The van der Waals surface area contributed by atoms with Crippen molar-refractivity contribution in [2.45, 2.75) is 57.8 Å². The number of nitrogens with one attached hydrogen (secondary N) is 1. The molecule has 208 valence electrons. The average molecular weight is 550 g/mol. The van der Waals surface area contributed by atoms with Gasteiger partial charge in [0.15, 0.2) is 11.6 Å². The van der Waals surface area contributed by atoms with Gasteiger partial charge in [-0.3, -0.25) is 9.78 Å². The van der Waals surface area contributed by atoms with Crippen molar-refractivity contribution in [3.63, 3.8) is 0 Å². The molecule has 0 spiro atoms. The van der Waals surface area contributed by atoms with E-state index in [2.05, 4.69) is 37.5 Å². The number of unbranched alkanes of at least 4 members (excludes halogenated alkanes) is 1. The molecule has 5 aromatic rings. The van der Waals surface area contributed by atoms with E-state index in [1.54, 1.807) is 24.1 Å². The number of aryl methyl sites for hydroxylation is 1. The SMILES string of the molecule is CCCCc1nc(C2CCC2)n(-c2ncc(OC)cn2)c(=O)c1Cc1ccc(-c2ccccc2-c2nnn[nH]2)nc1. The number of benzene rings is 1. The second-order valence-electron chi connectivity index (χ2n) is 10.2. The Bertz CT molecular complexity index is 1680. The van der Waals surface area contributed by atoms with Crippen molar-refractivity contribution in [3.05, 3.63) is 88.0 Å². The molecule has 4 heterocycles. The summed E-state index contributed by atoms with van der Waals surface area (Å²) in [6, 6.07) is 11.8. The lowest BCUT2D eigenvalue weighted by molar-refractivity contribution is 0.388. The van der Waals surface area contributed by atoms with Gasteiger partial charge in [0.1, 0.15) is 5.82 Å². The Morgan fingerprint density at radius 2 is 1.83 bits per heavy atom. The number of methoxy groups -OCH3 is 1. The van der Waals surface area contributed by atoms with E-state index in [1.165, 1.54) is 0 Å². The quantitative estimate of drug-likeness (QED) is 0.267. The number of nitrogens with zero attached hydrogens (tertiary/aromatic N) is 8. The number of hydrogen-bond acceptors (Lipinski definition) is 9. The molecule has 11 heteroatoms. The third-order valence-electron chi connectivity index (χ3n) is 7.59. The summed E-state index contributed by atoms with van der Waals surface area (Å²) in [7, 11) is 1.57. The summed E-state index contributed by atoms with van der Waals surface area (Å²) in [5.41, 5.74) is 4.87. The zero-order chi connectivity index (χ0) is 28.2. The number of aromatic amines is 1. The smallest absolute Gasteiger partial charge is 0.264 e. The first-order valence-electron chi connectivity index (χ1n) is 14.0. The van der Waals surface area contributed by atoms with Crippen LogP contribution in [0.25, 0.3) is 28.6 Å². The van der Waals surface area contributed by atoms with E-state index in [4.69, 9.17) is 14.7 Å². The highest BCUT2D eigenvalue weighted by Gasteiger charge is 2.29. The molecule has 6 rings (SSSR count). The fourth-order valence-electron chi connectivity index (χ4n) is 5.09. The molecule has 4 aromatic heterocycles. The highest BCUT2D eigenvalue weighted by atomic mass is 16.5. The number of tetrazole rings is 1. The van der Waals surface area contributed by atoms with E-state index >= 15 is 0 Å². The van der Waals surface area contributed by atoms with Gasteiger partial charge < -0.3 is 4.74 Å². The van der Waals surface area contributed by atoms with Gasteiger partial charge in [-0.05, 0) is 47.7 Å². The predicted octanol–water partition coefficient (Wildman–Crippen LogP) is 4.47. The molecule has 1 aromatic carbocycles. The normalized spacial score (nSPS) is 13.2. The first-order chi connectivity index (χ1) is 20.2. The van der Waals surface area contributed by atoms with Crippen molar-refractivity contribution in [2.24, 2.45) is 0 Å². The van der Waals surface area contributed by atoms with Crippen molar-refractivity contribution in [3.8, 4) is 34.3 Å². The lowest BCUT2D eigenvalue weighted by atomic mass is 9.84. The molecule has 0 saturated heterocycles. The van der Waals surface area contributed by atoms with Gasteiger partial charge in [0.25, 0.3) is 5.56 Å². The lowest BCUT2D eigenvalue weighted by Crippen LogP contribution is -2.33. The number of aromatic nitrogens is 9. The van der Waals surface area contributed by atoms with Gasteiger partial charge in [0.2, 0.25) is 5.95 Å². The van der Waals surface area contributed by atoms with Gasteiger partial charge in [-0.2, -0.15) is 0 Å². The van der Waals surface area contributed by atoms with Crippen LogP contribution in [0.1, 0.15) is 67.6 Å². The summed E-state index contributed by atoms with van der Waals surface area (Å²) in [4.78, 5) is 33.0. The van der Waals surface area contributed by atoms with Crippen LogP contribution in [0.3, 0.4) is 0 Å². The molecule has 0 atom stereocenters. The van der Waals surface area contributed by atoms with Crippen molar-refractivity contribution >= 4 is 0 Å². The Labute approximate surface area is 237 Å². The minimum Gasteiger partial charge on any atom is -0.494 e. The number of pyridine rings is 1. The summed E-state index contributed by atoms with van der Waals surface area (Å²) in [6.07, 6.45) is 11.3. The molecule has 0 aliphatic heterocycles. The van der Waals surface area contributed by atoms with Crippen LogP contribution in [0.4, 0.5) is 0 Å². The van der Waals surface area contributed by atoms with Gasteiger partial charge in [-0.25, -0.2) is 24.6 Å².